The molecule has 6 heteroatoms. The molecule has 4 N–H and O–H groups in total. The summed E-state index contributed by atoms with van der Waals surface area (Å²) in [6, 6.07) is 0. The Morgan fingerprint density at radius 3 is 2.76 bits per heavy atom. The van der Waals surface area contributed by atoms with Gasteiger partial charge in [0.2, 0.25) is 5.91 Å². The predicted molar refractivity (Wildman–Crippen MR) is 70.3 cm³/mol. The Balaban J connectivity index is 2.55. The second kappa shape index (κ2) is 5.16. The molecular formula is C11H21N3O2S. The molecule has 1 rings (SSSR count). The zero-order valence-electron chi connectivity index (χ0n) is 10.6. The molecule has 1 unspecified atom stereocenters. The molecule has 0 spiro atoms. The van der Waals surface area contributed by atoms with E-state index in [4.69, 9.17) is 10.9 Å². The quantitative estimate of drug-likeness (QED) is 0.306. The normalized spacial score (nSPS) is 25.9. The third-order valence-corrected chi connectivity index (χ3v) is 4.78. The molecule has 1 aliphatic heterocycles. The molecule has 17 heavy (non-hydrogen) atoms. The second-order valence-electron chi connectivity index (χ2n) is 5.19. The van der Waals surface area contributed by atoms with E-state index in [0.29, 0.717) is 6.54 Å². The zero-order valence-corrected chi connectivity index (χ0v) is 11.4. The summed E-state index contributed by atoms with van der Waals surface area (Å²) < 4.78 is 0.122. The second-order valence-corrected chi connectivity index (χ2v) is 6.88. The minimum Gasteiger partial charge on any atom is -0.409 e. The van der Waals surface area contributed by atoms with Crippen molar-refractivity contribution >= 4 is 23.5 Å². The fourth-order valence-electron chi connectivity index (χ4n) is 1.71. The van der Waals surface area contributed by atoms with Gasteiger partial charge in [-0.2, -0.15) is 11.8 Å². The number of hydrogen-bond acceptors (Lipinski definition) is 4. The van der Waals surface area contributed by atoms with Crippen LogP contribution in [0.25, 0.3) is 0 Å². The number of carbonyl (C=O) groups excluding carboxylic acids is 1. The smallest absolute Gasteiger partial charge is 0.233 e. The Morgan fingerprint density at radius 1 is 1.65 bits per heavy atom. The van der Waals surface area contributed by atoms with Gasteiger partial charge in [0.25, 0.3) is 0 Å². The lowest BCUT2D eigenvalue weighted by molar-refractivity contribution is -0.126. The van der Waals surface area contributed by atoms with Crippen molar-refractivity contribution < 1.29 is 10.0 Å². The van der Waals surface area contributed by atoms with E-state index >= 15 is 0 Å². The lowest BCUT2D eigenvalue weighted by Gasteiger charge is -2.27. The largest absolute Gasteiger partial charge is 0.409 e. The first kappa shape index (κ1) is 14.2. The van der Waals surface area contributed by atoms with Crippen LogP contribution in [0.1, 0.15) is 33.6 Å². The van der Waals surface area contributed by atoms with Crippen LogP contribution in [0.15, 0.2) is 5.16 Å². The van der Waals surface area contributed by atoms with Crippen LogP contribution < -0.4 is 11.1 Å². The minimum atomic E-state index is -0.978. The summed E-state index contributed by atoms with van der Waals surface area (Å²) in [7, 11) is 0. The summed E-state index contributed by atoms with van der Waals surface area (Å²) in [6.45, 7) is 6.06. The standard InChI is InChI=1S/C11H21N3O2S/c1-10(2,8(12)14-16)9(15)13-7-11(3)5-4-6-17-11/h16H,4-7H2,1-3H3,(H2,12,14)(H,13,15). The van der Waals surface area contributed by atoms with Crippen molar-refractivity contribution in [1.29, 1.82) is 0 Å². The maximum Gasteiger partial charge on any atom is 0.233 e. The molecule has 1 amide bonds. The summed E-state index contributed by atoms with van der Waals surface area (Å²) in [4.78, 5) is 12.0. The molecule has 0 saturated carbocycles. The highest BCUT2D eigenvalue weighted by Gasteiger charge is 2.35. The van der Waals surface area contributed by atoms with Crippen molar-refractivity contribution in [3.63, 3.8) is 0 Å². The van der Waals surface area contributed by atoms with Crippen LogP contribution in [0.2, 0.25) is 0 Å². The van der Waals surface area contributed by atoms with Crippen molar-refractivity contribution in [1.82, 2.24) is 5.32 Å². The number of amides is 1. The van der Waals surface area contributed by atoms with Crippen LogP contribution >= 0.6 is 11.8 Å². The average Bonchev–Trinajstić information content (AvgIpc) is 2.72. The molecule has 0 radical (unpaired) electrons. The van der Waals surface area contributed by atoms with Gasteiger partial charge in [0.1, 0.15) is 5.41 Å². The van der Waals surface area contributed by atoms with Crippen molar-refractivity contribution in [2.24, 2.45) is 16.3 Å². The molecule has 0 aromatic rings. The Bertz CT molecular complexity index is 323. The lowest BCUT2D eigenvalue weighted by Crippen LogP contribution is -2.48. The Labute approximate surface area is 106 Å². The molecule has 0 aromatic heterocycles. The molecule has 1 aliphatic rings. The third-order valence-electron chi connectivity index (χ3n) is 3.24. The fraction of sp³-hybridized carbons (Fsp3) is 0.818. The van der Waals surface area contributed by atoms with Gasteiger partial charge < -0.3 is 16.3 Å². The molecule has 1 fully saturated rings. The topological polar surface area (TPSA) is 87.7 Å². The van der Waals surface area contributed by atoms with Gasteiger partial charge in [-0.3, -0.25) is 4.79 Å². The van der Waals surface area contributed by atoms with Gasteiger partial charge in [0.15, 0.2) is 5.84 Å². The molecule has 0 bridgehead atoms. The van der Waals surface area contributed by atoms with E-state index in [0.717, 1.165) is 12.2 Å². The highest BCUT2D eigenvalue weighted by atomic mass is 32.2. The summed E-state index contributed by atoms with van der Waals surface area (Å²) in [5.41, 5.74) is 4.52. The van der Waals surface area contributed by atoms with Gasteiger partial charge in [-0.1, -0.05) is 5.16 Å². The van der Waals surface area contributed by atoms with E-state index in [-0.39, 0.29) is 16.5 Å². The van der Waals surface area contributed by atoms with Crippen molar-refractivity contribution in [2.75, 3.05) is 12.3 Å². The number of nitrogens with two attached hydrogens (primary N) is 1. The number of rotatable bonds is 4. The molecule has 98 valence electrons. The summed E-state index contributed by atoms with van der Waals surface area (Å²) >= 11 is 1.89. The highest BCUT2D eigenvalue weighted by Crippen LogP contribution is 2.37. The Morgan fingerprint density at radius 2 is 2.29 bits per heavy atom. The molecule has 1 heterocycles. The maximum atomic E-state index is 12.0. The van der Waals surface area contributed by atoms with E-state index in [1.165, 1.54) is 6.42 Å². The molecular weight excluding hydrogens is 238 g/mol. The number of oxime groups is 1. The predicted octanol–water partition coefficient (Wildman–Crippen LogP) is 1.16. The van der Waals surface area contributed by atoms with Gasteiger partial charge >= 0.3 is 0 Å². The van der Waals surface area contributed by atoms with E-state index in [2.05, 4.69) is 17.4 Å². The van der Waals surface area contributed by atoms with E-state index in [9.17, 15) is 4.79 Å². The summed E-state index contributed by atoms with van der Waals surface area (Å²) in [5, 5.41) is 14.4. The molecule has 1 atom stereocenters. The van der Waals surface area contributed by atoms with Crippen LogP contribution in [-0.4, -0.2) is 34.0 Å². The van der Waals surface area contributed by atoms with Gasteiger partial charge in [-0.15, -0.1) is 0 Å². The Hall–Kier alpha value is -0.910. The van der Waals surface area contributed by atoms with Gasteiger partial charge in [-0.25, -0.2) is 0 Å². The SMILES string of the molecule is CC1(CNC(=O)C(C)(C)C(N)=NO)CCCS1. The number of amidine groups is 1. The van der Waals surface area contributed by atoms with Gasteiger partial charge in [0, 0.05) is 11.3 Å². The molecule has 0 aliphatic carbocycles. The van der Waals surface area contributed by atoms with E-state index in [1.807, 2.05) is 11.8 Å². The fourth-order valence-corrected chi connectivity index (χ4v) is 2.95. The lowest BCUT2D eigenvalue weighted by atomic mass is 9.90. The van der Waals surface area contributed by atoms with Crippen LogP contribution in [0.3, 0.4) is 0 Å². The van der Waals surface area contributed by atoms with Gasteiger partial charge in [-0.05, 0) is 39.4 Å². The first-order valence-corrected chi connectivity index (χ1v) is 6.71. The highest BCUT2D eigenvalue weighted by molar-refractivity contribution is 8.00. The van der Waals surface area contributed by atoms with Crippen LogP contribution in [0, 0.1) is 5.41 Å². The number of hydrogen-bond donors (Lipinski definition) is 3. The molecule has 1 saturated heterocycles. The Kier molecular flexibility index (Phi) is 4.30. The number of nitrogens with zero attached hydrogens (tertiary/aromatic N) is 1. The molecule has 5 nitrogen and oxygen atoms in total. The van der Waals surface area contributed by atoms with Gasteiger partial charge in [0.05, 0.1) is 0 Å². The van der Waals surface area contributed by atoms with E-state index in [1.54, 1.807) is 13.8 Å². The zero-order chi connectivity index (χ0) is 13.1. The first-order chi connectivity index (χ1) is 7.82. The monoisotopic (exact) mass is 259 g/mol. The van der Waals surface area contributed by atoms with Crippen molar-refractivity contribution in [3.8, 4) is 0 Å². The van der Waals surface area contributed by atoms with Crippen LogP contribution in [-0.2, 0) is 4.79 Å². The van der Waals surface area contributed by atoms with Crippen molar-refractivity contribution in [3.05, 3.63) is 0 Å². The van der Waals surface area contributed by atoms with E-state index < -0.39 is 5.41 Å². The minimum absolute atomic E-state index is 0.0702. The molecule has 0 aromatic carbocycles. The average molecular weight is 259 g/mol. The maximum absolute atomic E-state index is 12.0. The summed E-state index contributed by atoms with van der Waals surface area (Å²) in [6.07, 6.45) is 2.31. The summed E-state index contributed by atoms with van der Waals surface area (Å²) in [5.74, 6) is 0.872. The van der Waals surface area contributed by atoms with Crippen LogP contribution in [0.5, 0.6) is 0 Å². The number of thioether (sulfide) groups is 1. The number of nitrogens with one attached hydrogen (secondary N) is 1. The number of carbonyl (C=O) groups is 1. The first-order valence-electron chi connectivity index (χ1n) is 5.72. The van der Waals surface area contributed by atoms with Crippen LogP contribution in [0.4, 0.5) is 0 Å². The van der Waals surface area contributed by atoms with Crippen molar-refractivity contribution in [2.45, 2.75) is 38.4 Å². The third kappa shape index (κ3) is 3.28.